The molecule has 8 nitrogen and oxygen atoms in total. The van der Waals surface area contributed by atoms with E-state index in [1.165, 1.54) is 0 Å². The molecule has 166 valence electrons. The van der Waals surface area contributed by atoms with Crippen LogP contribution in [0, 0.1) is 34.5 Å². The SMILES string of the molecule is C[C@]12C[C@H](O)[C@H]3[C@@H](CCC4=CC(=O)CC5(OS(=O)(=O)O5)[C@@]43C)[C@@H]1CC[C@@H]2C(=O)CO. The minimum absolute atomic E-state index is 0.0398. The van der Waals surface area contributed by atoms with E-state index in [9.17, 15) is 28.2 Å². The van der Waals surface area contributed by atoms with E-state index >= 15 is 0 Å². The fraction of sp³-hybridized carbons (Fsp3) is 0.810. The topological polar surface area (TPSA) is 127 Å². The zero-order chi connectivity index (χ0) is 21.7. The van der Waals surface area contributed by atoms with Crippen molar-refractivity contribution in [3.05, 3.63) is 11.6 Å². The first-order valence-corrected chi connectivity index (χ1v) is 12.0. The average Bonchev–Trinajstić information content (AvgIpc) is 2.97. The normalized spacial score (nSPS) is 48.2. The number of hydrogen-bond acceptors (Lipinski definition) is 8. The van der Waals surface area contributed by atoms with Crippen LogP contribution in [0.25, 0.3) is 0 Å². The van der Waals surface area contributed by atoms with Crippen LogP contribution in [-0.4, -0.2) is 48.7 Å². The number of carbonyl (C=O) groups is 2. The fourth-order valence-corrected chi connectivity index (χ4v) is 9.09. The Morgan fingerprint density at radius 3 is 2.57 bits per heavy atom. The molecule has 3 saturated carbocycles. The van der Waals surface area contributed by atoms with Gasteiger partial charge in [-0.05, 0) is 55.4 Å². The first-order valence-electron chi connectivity index (χ1n) is 10.7. The van der Waals surface area contributed by atoms with Gasteiger partial charge in [0, 0.05) is 11.8 Å². The van der Waals surface area contributed by atoms with Gasteiger partial charge >= 0.3 is 10.4 Å². The summed E-state index contributed by atoms with van der Waals surface area (Å²) >= 11 is 0. The Balaban J connectivity index is 1.58. The molecule has 0 unspecified atom stereocenters. The molecule has 0 aromatic heterocycles. The Hall–Kier alpha value is -1.13. The average molecular weight is 441 g/mol. The van der Waals surface area contributed by atoms with E-state index in [0.717, 1.165) is 18.4 Å². The molecule has 5 aliphatic rings. The van der Waals surface area contributed by atoms with E-state index in [2.05, 4.69) is 0 Å². The van der Waals surface area contributed by atoms with Gasteiger partial charge in [0.1, 0.15) is 6.61 Å². The lowest BCUT2D eigenvalue weighted by Crippen LogP contribution is -2.70. The molecule has 0 aromatic rings. The van der Waals surface area contributed by atoms with Crippen molar-refractivity contribution in [1.82, 2.24) is 0 Å². The van der Waals surface area contributed by atoms with Crippen molar-refractivity contribution < 1.29 is 36.6 Å². The third-order valence-corrected chi connectivity index (χ3v) is 10.0. The third kappa shape index (κ3) is 2.44. The highest BCUT2D eigenvalue weighted by Crippen LogP contribution is 2.70. The van der Waals surface area contributed by atoms with Crippen LogP contribution in [0.5, 0.6) is 0 Å². The molecule has 1 heterocycles. The molecule has 0 aromatic carbocycles. The van der Waals surface area contributed by atoms with Crippen LogP contribution in [0.3, 0.4) is 0 Å². The van der Waals surface area contributed by atoms with Crippen LogP contribution in [-0.2, 0) is 28.4 Å². The minimum Gasteiger partial charge on any atom is -0.393 e. The molecular formula is C21H28O8S. The van der Waals surface area contributed by atoms with Crippen LogP contribution < -0.4 is 0 Å². The van der Waals surface area contributed by atoms with Crippen molar-refractivity contribution in [3.8, 4) is 0 Å². The quantitative estimate of drug-likeness (QED) is 0.657. The smallest absolute Gasteiger partial charge is 0.393 e. The summed E-state index contributed by atoms with van der Waals surface area (Å²) in [5.41, 5.74) is -0.587. The molecule has 1 aliphatic heterocycles. The molecular weight excluding hydrogens is 412 g/mol. The molecule has 0 amide bonds. The van der Waals surface area contributed by atoms with Gasteiger partial charge in [-0.15, -0.1) is 0 Å². The Morgan fingerprint density at radius 1 is 1.23 bits per heavy atom. The number of aliphatic hydroxyl groups is 2. The van der Waals surface area contributed by atoms with E-state index in [4.69, 9.17) is 8.37 Å². The minimum atomic E-state index is -4.14. The van der Waals surface area contributed by atoms with E-state index < -0.39 is 39.7 Å². The Bertz CT molecular complexity index is 942. The van der Waals surface area contributed by atoms with Gasteiger partial charge in [0.2, 0.25) is 5.79 Å². The Kier molecular flexibility index (Phi) is 4.30. The van der Waals surface area contributed by atoms with Gasteiger partial charge in [-0.2, -0.15) is 8.42 Å². The second kappa shape index (κ2) is 6.22. The molecule has 4 aliphatic carbocycles. The largest absolute Gasteiger partial charge is 0.405 e. The zero-order valence-corrected chi connectivity index (χ0v) is 18.0. The van der Waals surface area contributed by atoms with Crippen LogP contribution in [0.2, 0.25) is 0 Å². The van der Waals surface area contributed by atoms with Crippen LogP contribution in [0.15, 0.2) is 11.6 Å². The van der Waals surface area contributed by atoms with E-state index in [-0.39, 0.29) is 41.7 Å². The van der Waals surface area contributed by atoms with Gasteiger partial charge < -0.3 is 10.2 Å². The summed E-state index contributed by atoms with van der Waals surface area (Å²) in [5, 5.41) is 20.8. The number of fused-ring (bicyclic) bond motifs is 6. The van der Waals surface area contributed by atoms with Crippen LogP contribution in [0.4, 0.5) is 0 Å². The Labute approximate surface area is 176 Å². The molecule has 7 atom stereocenters. The van der Waals surface area contributed by atoms with Crippen molar-refractivity contribution in [3.63, 3.8) is 0 Å². The molecule has 4 fully saturated rings. The summed E-state index contributed by atoms with van der Waals surface area (Å²) in [6.07, 6.45) is 3.80. The van der Waals surface area contributed by atoms with Crippen molar-refractivity contribution in [1.29, 1.82) is 0 Å². The van der Waals surface area contributed by atoms with Crippen molar-refractivity contribution >= 4 is 22.0 Å². The summed E-state index contributed by atoms with van der Waals surface area (Å²) in [6, 6.07) is 0. The maximum absolute atomic E-state index is 12.4. The summed E-state index contributed by atoms with van der Waals surface area (Å²) in [6.45, 7) is 3.40. The lowest BCUT2D eigenvalue weighted by molar-refractivity contribution is -0.289. The monoisotopic (exact) mass is 440 g/mol. The van der Waals surface area contributed by atoms with E-state index in [1.54, 1.807) is 6.08 Å². The standard InChI is InChI=1S/C21H28O8S/c1-19-9-16(24)18-13(14(19)5-6-15(19)17(25)10-22)4-3-11-7-12(23)8-21(20(11,18)2)28-30(26,27)29-21/h7,13-16,18,22,24H,3-6,8-10H2,1-2H3/t13-,14-,15+,16-,18+,19-,20-/m0/s1. The van der Waals surface area contributed by atoms with Gasteiger partial charge in [-0.3, -0.25) is 9.59 Å². The lowest BCUT2D eigenvalue weighted by atomic mass is 9.44. The number of rotatable bonds is 2. The maximum atomic E-state index is 12.4. The predicted molar refractivity (Wildman–Crippen MR) is 103 cm³/mol. The number of carbonyl (C=O) groups excluding carboxylic acids is 2. The number of hydrogen-bond donors (Lipinski definition) is 2. The molecule has 5 rings (SSSR count). The molecule has 30 heavy (non-hydrogen) atoms. The summed E-state index contributed by atoms with van der Waals surface area (Å²) in [7, 11) is -4.14. The predicted octanol–water partition coefficient (Wildman–Crippen LogP) is 1.26. The first kappa shape index (κ1) is 20.8. The zero-order valence-electron chi connectivity index (χ0n) is 17.2. The van der Waals surface area contributed by atoms with Crippen LogP contribution >= 0.6 is 0 Å². The van der Waals surface area contributed by atoms with Crippen molar-refractivity contribution in [2.24, 2.45) is 34.5 Å². The van der Waals surface area contributed by atoms with Crippen molar-refractivity contribution in [2.75, 3.05) is 6.61 Å². The van der Waals surface area contributed by atoms with E-state index in [1.807, 2.05) is 13.8 Å². The molecule has 1 spiro atoms. The second-order valence-electron chi connectivity index (χ2n) is 10.2. The molecule has 1 saturated heterocycles. The first-order chi connectivity index (χ1) is 14.0. The molecule has 0 radical (unpaired) electrons. The molecule has 0 bridgehead atoms. The highest BCUT2D eigenvalue weighted by molar-refractivity contribution is 7.82. The molecule has 2 N–H and O–H groups in total. The lowest BCUT2D eigenvalue weighted by Gasteiger charge is -2.64. The van der Waals surface area contributed by atoms with Crippen LogP contribution in [0.1, 0.15) is 52.4 Å². The van der Waals surface area contributed by atoms with Gasteiger partial charge in [0.15, 0.2) is 11.6 Å². The Morgan fingerprint density at radius 2 is 1.93 bits per heavy atom. The van der Waals surface area contributed by atoms with Crippen molar-refractivity contribution in [2.45, 2.75) is 64.3 Å². The third-order valence-electron chi connectivity index (χ3n) is 9.08. The maximum Gasteiger partial charge on any atom is 0.405 e. The van der Waals surface area contributed by atoms with Gasteiger partial charge in [0.25, 0.3) is 0 Å². The fourth-order valence-electron chi connectivity index (χ4n) is 7.95. The number of ketones is 2. The van der Waals surface area contributed by atoms with Gasteiger partial charge in [-0.25, -0.2) is 8.37 Å². The highest BCUT2D eigenvalue weighted by Gasteiger charge is 2.74. The number of Topliss-reactive ketones (excluding diaryl/α,β-unsaturated/α-hetero) is 1. The molecule has 9 heteroatoms. The second-order valence-corrected chi connectivity index (χ2v) is 11.4. The summed E-state index contributed by atoms with van der Waals surface area (Å²) in [4.78, 5) is 24.8. The van der Waals surface area contributed by atoms with Gasteiger partial charge in [0.05, 0.1) is 17.9 Å². The summed E-state index contributed by atoms with van der Waals surface area (Å²) < 4.78 is 34.2. The van der Waals surface area contributed by atoms with Gasteiger partial charge in [-0.1, -0.05) is 19.4 Å². The number of aliphatic hydroxyl groups excluding tert-OH is 2. The highest BCUT2D eigenvalue weighted by atomic mass is 32.3. The van der Waals surface area contributed by atoms with E-state index in [0.29, 0.717) is 19.3 Å². The summed E-state index contributed by atoms with van der Waals surface area (Å²) in [5.74, 6) is -2.45.